The molecule has 4 heteroatoms. The molecule has 0 saturated carbocycles. The Hall–Kier alpha value is 0.0500. The maximum atomic E-state index is 5.58. The molecule has 0 aliphatic heterocycles. The Morgan fingerprint density at radius 2 is 1.78 bits per heavy atom. The topological polar surface area (TPSA) is 6.25 Å². The van der Waals surface area contributed by atoms with E-state index in [1.807, 2.05) is 25.6 Å². The van der Waals surface area contributed by atoms with Gasteiger partial charge >= 0.3 is 0 Å². The van der Waals surface area contributed by atoms with Gasteiger partial charge in [-0.1, -0.05) is 0 Å². The van der Waals surface area contributed by atoms with Crippen LogP contribution in [0.15, 0.2) is 0 Å². The third-order valence-corrected chi connectivity index (χ3v) is 1.34. The smallest absolute Gasteiger partial charge is 0.260 e. The molecule has 0 aliphatic rings. The van der Waals surface area contributed by atoms with Crippen LogP contribution in [-0.2, 0) is 0 Å². The van der Waals surface area contributed by atoms with Crippen LogP contribution in [0.2, 0.25) is 0 Å². The highest BCUT2D eigenvalue weighted by molar-refractivity contribution is 6.20. The third-order valence-electron chi connectivity index (χ3n) is 1.09. The largest absolute Gasteiger partial charge is 1.00 e. The Balaban J connectivity index is 0. The average molecular weight is 171 g/mol. The van der Waals surface area contributed by atoms with Crippen molar-refractivity contribution in [3.63, 3.8) is 0 Å². The van der Waals surface area contributed by atoms with Gasteiger partial charge in [0.25, 0.3) is 5.84 Å². The van der Waals surface area contributed by atoms with E-state index < -0.39 is 0 Å². The van der Waals surface area contributed by atoms with Gasteiger partial charge in [-0.25, -0.2) is 0 Å². The van der Waals surface area contributed by atoms with Gasteiger partial charge in [0.05, 0.1) is 21.1 Å². The lowest BCUT2D eigenvalue weighted by atomic mass is 10.6. The number of amidine groups is 1. The van der Waals surface area contributed by atoms with Crippen molar-refractivity contribution in [2.24, 2.45) is 0 Å². The lowest BCUT2D eigenvalue weighted by molar-refractivity contribution is -0.469. The van der Waals surface area contributed by atoms with Crippen LogP contribution in [0, 0.1) is 0 Å². The zero-order valence-corrected chi connectivity index (χ0v) is 7.66. The molecule has 0 aromatic carbocycles. The molecule has 0 fully saturated rings. The summed E-state index contributed by atoms with van der Waals surface area (Å²) in [6.07, 6.45) is 0. The summed E-state index contributed by atoms with van der Waals surface area (Å²) in [7, 11) is 5.71. The highest BCUT2D eigenvalue weighted by Gasteiger charge is 2.03. The van der Waals surface area contributed by atoms with Crippen molar-refractivity contribution in [2.45, 2.75) is 6.92 Å². The Labute approximate surface area is 67.6 Å². The lowest BCUT2D eigenvalue weighted by Crippen LogP contribution is -3.00. The molecule has 0 N–H and O–H groups in total. The summed E-state index contributed by atoms with van der Waals surface area (Å²) < 4.78 is 3.51. The monoisotopic (exact) mass is 170 g/mol. The van der Waals surface area contributed by atoms with E-state index >= 15 is 0 Å². The highest BCUT2D eigenvalue weighted by Crippen LogP contribution is 1.87. The van der Waals surface area contributed by atoms with Gasteiger partial charge in [0.2, 0.25) is 0 Å². The molecule has 0 aromatic heterocycles. The summed E-state index contributed by atoms with van der Waals surface area (Å²) in [6, 6.07) is 0. The van der Waals surface area contributed by atoms with Gasteiger partial charge in [-0.3, -0.25) is 4.58 Å². The molecule has 0 aliphatic carbocycles. The highest BCUT2D eigenvalue weighted by atomic mass is 35.5. The molecule has 0 aromatic rings. The normalized spacial score (nSPS) is 7.67. The molecule has 0 bridgehead atoms. The van der Waals surface area contributed by atoms with E-state index in [-0.39, 0.29) is 12.4 Å². The Morgan fingerprint density at radius 3 is 1.78 bits per heavy atom. The summed E-state index contributed by atoms with van der Waals surface area (Å²) in [5, 5.41) is 0. The maximum Gasteiger partial charge on any atom is 0.260 e. The number of rotatable bonds is 0. The zero-order valence-electron chi connectivity index (χ0n) is 6.15. The molecule has 0 atom stereocenters. The first kappa shape index (κ1) is 11.8. The predicted molar refractivity (Wildman–Crippen MR) is 36.4 cm³/mol. The first-order chi connectivity index (χ1) is 3.55. The third kappa shape index (κ3) is 4.55. The van der Waals surface area contributed by atoms with Gasteiger partial charge in [0, 0.05) is 6.92 Å². The van der Waals surface area contributed by atoms with Gasteiger partial charge < -0.3 is 12.4 Å². The zero-order chi connectivity index (χ0) is 6.73. The second kappa shape index (κ2) is 4.89. The minimum Gasteiger partial charge on any atom is -1.00 e. The van der Waals surface area contributed by atoms with Crippen molar-refractivity contribution in [1.82, 2.24) is 4.42 Å². The standard InChI is InChI=1S/C5H12ClN2.ClH/c1-5(7(2)3)8(4)6;/h1-4H3;1H/q+1;/p-1. The SMILES string of the molecule is CC(N(C)Cl)=[N+](C)C.[Cl-]. The van der Waals surface area contributed by atoms with Crippen molar-refractivity contribution in [3.8, 4) is 0 Å². The van der Waals surface area contributed by atoms with Crippen molar-refractivity contribution < 1.29 is 17.0 Å². The van der Waals surface area contributed by atoms with E-state index in [1.54, 1.807) is 11.5 Å². The van der Waals surface area contributed by atoms with Crippen molar-refractivity contribution in [1.29, 1.82) is 0 Å². The fraction of sp³-hybridized carbons (Fsp3) is 0.800. The molecule has 0 radical (unpaired) electrons. The van der Waals surface area contributed by atoms with E-state index in [9.17, 15) is 0 Å². The van der Waals surface area contributed by atoms with Crippen molar-refractivity contribution >= 4 is 17.6 Å². The van der Waals surface area contributed by atoms with Crippen LogP contribution in [0.1, 0.15) is 6.92 Å². The Kier molecular flexibility index (Phi) is 6.40. The molecular weight excluding hydrogens is 159 g/mol. The van der Waals surface area contributed by atoms with Crippen LogP contribution in [0.5, 0.6) is 0 Å². The summed E-state index contributed by atoms with van der Waals surface area (Å²) >= 11 is 5.58. The first-order valence-corrected chi connectivity index (χ1v) is 2.80. The van der Waals surface area contributed by atoms with Gasteiger partial charge in [0.1, 0.15) is 11.8 Å². The molecular formula is C5H12Cl2N2. The van der Waals surface area contributed by atoms with Gasteiger partial charge in [0.15, 0.2) is 0 Å². The Bertz CT molecular complexity index is 106. The first-order valence-electron chi connectivity index (χ1n) is 2.46. The molecule has 0 rings (SSSR count). The van der Waals surface area contributed by atoms with E-state index in [0.29, 0.717) is 0 Å². The fourth-order valence-corrected chi connectivity index (χ4v) is 0.427. The average Bonchev–Trinajstić information content (AvgIpc) is 1.64. The Morgan fingerprint density at radius 1 is 1.44 bits per heavy atom. The van der Waals surface area contributed by atoms with E-state index in [2.05, 4.69) is 0 Å². The molecule has 0 unspecified atom stereocenters. The second-order valence-electron chi connectivity index (χ2n) is 1.92. The molecule has 56 valence electrons. The minimum atomic E-state index is 0. The molecule has 0 heterocycles. The number of halogens is 2. The summed E-state index contributed by atoms with van der Waals surface area (Å²) in [5.41, 5.74) is 0. The lowest BCUT2D eigenvalue weighted by Gasteiger charge is -2.00. The molecule has 0 spiro atoms. The molecule has 0 amide bonds. The van der Waals surface area contributed by atoms with Crippen LogP contribution in [0.4, 0.5) is 0 Å². The number of nitrogens with zero attached hydrogens (tertiary/aromatic N) is 2. The second-order valence-corrected chi connectivity index (χ2v) is 2.43. The number of hydrogen-bond acceptors (Lipinski definition) is 0. The van der Waals surface area contributed by atoms with Crippen LogP contribution in [-0.4, -0.2) is 36.0 Å². The molecule has 2 nitrogen and oxygen atoms in total. The predicted octanol–water partition coefficient (Wildman–Crippen LogP) is -2.23. The van der Waals surface area contributed by atoms with E-state index in [1.165, 1.54) is 0 Å². The minimum absolute atomic E-state index is 0. The van der Waals surface area contributed by atoms with Crippen molar-refractivity contribution in [2.75, 3.05) is 21.1 Å². The van der Waals surface area contributed by atoms with E-state index in [0.717, 1.165) is 5.84 Å². The summed E-state index contributed by atoms with van der Waals surface area (Å²) in [4.78, 5) is 0. The van der Waals surface area contributed by atoms with Gasteiger partial charge in [-0.2, -0.15) is 4.42 Å². The van der Waals surface area contributed by atoms with Crippen LogP contribution in [0.3, 0.4) is 0 Å². The van der Waals surface area contributed by atoms with Crippen LogP contribution in [0.25, 0.3) is 0 Å². The molecule has 0 saturated heterocycles. The number of hydrogen-bond donors (Lipinski definition) is 0. The summed E-state index contributed by atoms with van der Waals surface area (Å²) in [5.74, 6) is 1.03. The summed E-state index contributed by atoms with van der Waals surface area (Å²) in [6.45, 7) is 1.95. The van der Waals surface area contributed by atoms with Crippen LogP contribution >= 0.6 is 11.8 Å². The molecule has 9 heavy (non-hydrogen) atoms. The maximum absolute atomic E-state index is 5.58. The van der Waals surface area contributed by atoms with Crippen LogP contribution < -0.4 is 12.4 Å². The quantitative estimate of drug-likeness (QED) is 0.173. The fourth-order valence-electron chi connectivity index (χ4n) is 0.276. The van der Waals surface area contributed by atoms with E-state index in [4.69, 9.17) is 11.8 Å². The van der Waals surface area contributed by atoms with Gasteiger partial charge in [-0.15, -0.1) is 0 Å². The van der Waals surface area contributed by atoms with Gasteiger partial charge in [-0.05, 0) is 0 Å². The van der Waals surface area contributed by atoms with Crippen molar-refractivity contribution in [3.05, 3.63) is 0 Å².